The summed E-state index contributed by atoms with van der Waals surface area (Å²) in [6, 6.07) is 0. The molecule has 0 bridgehead atoms. The first-order valence-corrected chi connectivity index (χ1v) is 10.7. The third kappa shape index (κ3) is 9.78. The lowest BCUT2D eigenvalue weighted by molar-refractivity contribution is -0.189. The molecule has 156 valence electrons. The number of rotatable bonds is 17. The molecule has 1 amide bonds. The van der Waals surface area contributed by atoms with E-state index in [1.807, 2.05) is 6.92 Å². The second-order valence-electron chi connectivity index (χ2n) is 7.45. The van der Waals surface area contributed by atoms with Crippen LogP contribution in [0.25, 0.3) is 0 Å². The Labute approximate surface area is 163 Å². The Morgan fingerprint density at radius 3 is 2.30 bits per heavy atom. The van der Waals surface area contributed by atoms with Crippen molar-refractivity contribution in [1.29, 1.82) is 0 Å². The number of hydrogen-bond acceptors (Lipinski definition) is 5. The minimum absolute atomic E-state index is 0.0811. The number of esters is 2. The van der Waals surface area contributed by atoms with Gasteiger partial charge in [0.1, 0.15) is 18.8 Å². The van der Waals surface area contributed by atoms with Crippen LogP contribution in [-0.4, -0.2) is 37.1 Å². The first-order valence-electron chi connectivity index (χ1n) is 10.7. The van der Waals surface area contributed by atoms with Gasteiger partial charge >= 0.3 is 11.9 Å². The van der Waals surface area contributed by atoms with Gasteiger partial charge in [-0.2, -0.15) is 0 Å². The van der Waals surface area contributed by atoms with Gasteiger partial charge in [-0.1, -0.05) is 65.2 Å². The average Bonchev–Trinajstić information content (AvgIpc) is 2.64. The first-order chi connectivity index (χ1) is 13.1. The van der Waals surface area contributed by atoms with Crippen molar-refractivity contribution in [3.05, 3.63) is 0 Å². The van der Waals surface area contributed by atoms with E-state index in [0.717, 1.165) is 25.7 Å². The number of nitrogens with one attached hydrogen (secondary N) is 1. The van der Waals surface area contributed by atoms with Crippen LogP contribution < -0.4 is 5.32 Å². The fraction of sp³-hybridized carbons (Fsp3) is 0.857. The number of hydrogen-bond donors (Lipinski definition) is 1. The van der Waals surface area contributed by atoms with E-state index >= 15 is 0 Å². The van der Waals surface area contributed by atoms with Crippen LogP contribution in [0.5, 0.6) is 0 Å². The van der Waals surface area contributed by atoms with Crippen LogP contribution in [0, 0.1) is 5.92 Å². The zero-order chi connectivity index (χ0) is 19.9. The molecule has 3 atom stereocenters. The fourth-order valence-electron chi connectivity index (χ4n) is 3.56. The predicted octanol–water partition coefficient (Wildman–Crippen LogP) is 3.91. The van der Waals surface area contributed by atoms with E-state index in [-0.39, 0.29) is 30.6 Å². The molecule has 1 aliphatic rings. The summed E-state index contributed by atoms with van der Waals surface area (Å²) >= 11 is 0. The van der Waals surface area contributed by atoms with Crippen molar-refractivity contribution in [3.8, 4) is 0 Å². The minimum Gasteiger partial charge on any atom is -0.461 e. The highest BCUT2D eigenvalue weighted by Crippen LogP contribution is 2.30. The maximum absolute atomic E-state index is 11.8. The van der Waals surface area contributed by atoms with Crippen LogP contribution >= 0.6 is 0 Å². The van der Waals surface area contributed by atoms with Gasteiger partial charge in [0, 0.05) is 6.42 Å². The van der Waals surface area contributed by atoms with Crippen molar-refractivity contribution in [2.75, 3.05) is 6.54 Å². The van der Waals surface area contributed by atoms with Crippen LogP contribution in [0.4, 0.5) is 0 Å². The number of amides is 1. The molecule has 1 rings (SSSR count). The lowest BCUT2D eigenvalue weighted by Crippen LogP contribution is -2.47. The van der Waals surface area contributed by atoms with Crippen molar-refractivity contribution in [3.63, 3.8) is 0 Å². The maximum atomic E-state index is 11.8. The van der Waals surface area contributed by atoms with Gasteiger partial charge in [0.2, 0.25) is 6.41 Å². The second-order valence-corrected chi connectivity index (χ2v) is 7.45. The summed E-state index contributed by atoms with van der Waals surface area (Å²) in [5, 5.41) is 2.33. The monoisotopic (exact) mass is 383 g/mol. The van der Waals surface area contributed by atoms with E-state index in [1.54, 1.807) is 0 Å². The molecule has 0 spiro atoms. The van der Waals surface area contributed by atoms with E-state index in [4.69, 9.17) is 9.47 Å². The van der Waals surface area contributed by atoms with E-state index in [9.17, 15) is 14.4 Å². The molecule has 6 nitrogen and oxygen atoms in total. The van der Waals surface area contributed by atoms with E-state index in [2.05, 4.69) is 12.2 Å². The van der Waals surface area contributed by atoms with Crippen LogP contribution in [-0.2, 0) is 23.9 Å². The van der Waals surface area contributed by atoms with E-state index < -0.39 is 5.97 Å². The van der Waals surface area contributed by atoms with Crippen molar-refractivity contribution in [2.45, 2.75) is 103 Å². The summed E-state index contributed by atoms with van der Waals surface area (Å²) in [5.41, 5.74) is 0. The number of unbranched alkanes of at least 4 members (excludes halogenated alkanes) is 8. The number of ether oxygens (including phenoxy) is 2. The minimum atomic E-state index is -0.443. The smallest absolute Gasteiger partial charge is 0.325 e. The topological polar surface area (TPSA) is 81.7 Å². The molecule has 0 saturated carbocycles. The molecular weight excluding hydrogens is 346 g/mol. The number of carbonyl (C=O) groups is 3. The molecule has 0 aromatic carbocycles. The van der Waals surface area contributed by atoms with Gasteiger partial charge in [0.05, 0.1) is 5.92 Å². The summed E-state index contributed by atoms with van der Waals surface area (Å²) < 4.78 is 10.7. The maximum Gasteiger partial charge on any atom is 0.325 e. The summed E-state index contributed by atoms with van der Waals surface area (Å²) in [5.74, 6) is -0.678. The molecule has 1 aliphatic heterocycles. The average molecular weight is 384 g/mol. The molecule has 0 aromatic rings. The van der Waals surface area contributed by atoms with Gasteiger partial charge in [0.25, 0.3) is 0 Å². The van der Waals surface area contributed by atoms with Crippen LogP contribution in [0.1, 0.15) is 90.9 Å². The predicted molar refractivity (Wildman–Crippen MR) is 104 cm³/mol. The molecule has 1 N–H and O–H groups in total. The van der Waals surface area contributed by atoms with Crippen molar-refractivity contribution >= 4 is 18.3 Å². The largest absolute Gasteiger partial charge is 0.461 e. The summed E-state index contributed by atoms with van der Waals surface area (Å²) in [6.07, 6.45) is 13.3. The molecular formula is C21H37NO5. The summed E-state index contributed by atoms with van der Waals surface area (Å²) in [4.78, 5) is 33.6. The van der Waals surface area contributed by atoms with Gasteiger partial charge in [-0.05, 0) is 19.3 Å². The van der Waals surface area contributed by atoms with Crippen molar-refractivity contribution in [1.82, 2.24) is 5.32 Å². The van der Waals surface area contributed by atoms with Gasteiger partial charge < -0.3 is 14.8 Å². The third-order valence-electron chi connectivity index (χ3n) is 5.21. The Bertz CT molecular complexity index is 440. The normalized spacial score (nSPS) is 19.7. The molecule has 1 fully saturated rings. The molecule has 0 radical (unpaired) electrons. The van der Waals surface area contributed by atoms with Crippen molar-refractivity contribution in [2.24, 2.45) is 5.92 Å². The standard InChI is InChI=1S/C21H37NO5/c1-3-5-6-7-8-9-10-11-12-13-17(26-20(24)15-22-16-23)14-19-18(4-2)21(25)27-19/h16-19H,3-15H2,1-2H3,(H,22,23)/t17-,18-,19+/m0/s1. The lowest BCUT2D eigenvalue weighted by atomic mass is 9.89. The van der Waals surface area contributed by atoms with E-state index in [0.29, 0.717) is 12.8 Å². The zero-order valence-corrected chi connectivity index (χ0v) is 17.0. The quantitative estimate of drug-likeness (QED) is 0.234. The highest BCUT2D eigenvalue weighted by atomic mass is 16.6. The first kappa shape index (κ1) is 23.4. The molecule has 27 heavy (non-hydrogen) atoms. The van der Waals surface area contributed by atoms with Crippen LogP contribution in [0.15, 0.2) is 0 Å². The molecule has 1 saturated heterocycles. The molecule has 0 aromatic heterocycles. The third-order valence-corrected chi connectivity index (χ3v) is 5.21. The Morgan fingerprint density at radius 1 is 1.11 bits per heavy atom. The van der Waals surface area contributed by atoms with Gasteiger partial charge in [-0.25, -0.2) is 0 Å². The number of carbonyl (C=O) groups excluding carboxylic acids is 3. The van der Waals surface area contributed by atoms with E-state index in [1.165, 1.54) is 44.9 Å². The fourth-order valence-corrected chi connectivity index (χ4v) is 3.56. The Kier molecular flexibility index (Phi) is 12.6. The van der Waals surface area contributed by atoms with Crippen LogP contribution in [0.2, 0.25) is 0 Å². The Hall–Kier alpha value is -1.59. The van der Waals surface area contributed by atoms with Gasteiger partial charge in [-0.15, -0.1) is 0 Å². The summed E-state index contributed by atoms with van der Waals surface area (Å²) in [6.45, 7) is 4.07. The molecule has 0 aliphatic carbocycles. The lowest BCUT2D eigenvalue weighted by Gasteiger charge is -2.36. The SMILES string of the molecule is CCCCCCCCCCC[C@@H](C[C@H]1OC(=O)[C@H]1CC)OC(=O)CNC=O. The number of cyclic esters (lactones) is 1. The van der Waals surface area contributed by atoms with Gasteiger partial charge in [0.15, 0.2) is 0 Å². The molecule has 1 heterocycles. The summed E-state index contributed by atoms with van der Waals surface area (Å²) in [7, 11) is 0. The second kappa shape index (κ2) is 14.5. The Balaban J connectivity index is 2.28. The highest BCUT2D eigenvalue weighted by Gasteiger charge is 2.42. The Morgan fingerprint density at radius 2 is 1.74 bits per heavy atom. The van der Waals surface area contributed by atoms with Crippen molar-refractivity contribution < 1.29 is 23.9 Å². The van der Waals surface area contributed by atoms with Gasteiger partial charge in [-0.3, -0.25) is 14.4 Å². The molecule has 6 heteroatoms. The zero-order valence-electron chi connectivity index (χ0n) is 17.0. The highest BCUT2D eigenvalue weighted by molar-refractivity contribution is 5.78. The van der Waals surface area contributed by atoms with Crippen LogP contribution in [0.3, 0.4) is 0 Å². The molecule has 0 unspecified atom stereocenters.